The van der Waals surface area contributed by atoms with Crippen molar-refractivity contribution in [3.8, 4) is 0 Å². The third kappa shape index (κ3) is 4.21. The minimum Gasteiger partial charge on any atom is -0.352 e. The van der Waals surface area contributed by atoms with Crippen LogP contribution in [0, 0.1) is 5.92 Å². The second-order valence-electron chi connectivity index (χ2n) is 8.34. The number of benzene rings is 2. The Hall–Kier alpha value is -3.48. The fourth-order valence-electron chi connectivity index (χ4n) is 4.46. The van der Waals surface area contributed by atoms with Crippen molar-refractivity contribution < 1.29 is 9.59 Å². The van der Waals surface area contributed by atoms with E-state index in [1.165, 1.54) is 23.9 Å². The van der Waals surface area contributed by atoms with Gasteiger partial charge in [-0.1, -0.05) is 30.3 Å². The number of amides is 2. The van der Waals surface area contributed by atoms with E-state index < -0.39 is 0 Å². The predicted molar refractivity (Wildman–Crippen MR) is 116 cm³/mol. The van der Waals surface area contributed by atoms with E-state index in [9.17, 15) is 9.59 Å². The number of nitrogens with one attached hydrogen (secondary N) is 1. The highest BCUT2D eigenvalue weighted by molar-refractivity contribution is 6.00. The summed E-state index contributed by atoms with van der Waals surface area (Å²) >= 11 is 0. The Morgan fingerprint density at radius 2 is 1.87 bits per heavy atom. The quantitative estimate of drug-likeness (QED) is 0.671. The lowest BCUT2D eigenvalue weighted by Crippen LogP contribution is -2.32. The predicted octanol–water partition coefficient (Wildman–Crippen LogP) is 2.48. The lowest BCUT2D eigenvalue weighted by Gasteiger charge is -2.18. The smallest absolute Gasteiger partial charge is 0.227 e. The highest BCUT2D eigenvalue weighted by atomic mass is 16.2. The summed E-state index contributed by atoms with van der Waals surface area (Å²) < 4.78 is 1.76. The molecule has 1 aliphatic carbocycles. The number of carbonyl (C=O) groups is 2. The normalized spacial score (nSPS) is 17.7. The first kappa shape index (κ1) is 19.5. The number of aryl methyl sites for hydroxylation is 2. The maximum Gasteiger partial charge on any atom is 0.227 e. The molecule has 31 heavy (non-hydrogen) atoms. The minimum absolute atomic E-state index is 0.0237. The molecular weight excluding hydrogens is 390 g/mol. The molecule has 2 aliphatic rings. The van der Waals surface area contributed by atoms with Crippen LogP contribution >= 0.6 is 0 Å². The molecule has 7 heteroatoms. The number of nitrogens with zero attached hydrogens (tertiary/aromatic N) is 4. The summed E-state index contributed by atoms with van der Waals surface area (Å²) in [5.41, 5.74) is 5.79. The number of aromatic nitrogens is 3. The number of anilines is 1. The topological polar surface area (TPSA) is 80.1 Å². The second kappa shape index (κ2) is 8.34. The monoisotopic (exact) mass is 415 g/mol. The fraction of sp³-hybridized carbons (Fsp3) is 0.333. The van der Waals surface area contributed by atoms with Crippen molar-refractivity contribution >= 4 is 17.5 Å². The molecule has 3 aromatic rings. The Labute approximate surface area is 181 Å². The highest BCUT2D eigenvalue weighted by Crippen LogP contribution is 2.30. The van der Waals surface area contributed by atoms with Crippen LogP contribution in [0.1, 0.15) is 35.1 Å². The van der Waals surface area contributed by atoms with Gasteiger partial charge >= 0.3 is 0 Å². The van der Waals surface area contributed by atoms with Crippen molar-refractivity contribution in [1.82, 2.24) is 20.1 Å². The Kier molecular flexibility index (Phi) is 5.24. The van der Waals surface area contributed by atoms with Crippen LogP contribution in [0.4, 0.5) is 5.69 Å². The average molecular weight is 415 g/mol. The van der Waals surface area contributed by atoms with E-state index in [1.54, 1.807) is 15.9 Å². The van der Waals surface area contributed by atoms with Crippen molar-refractivity contribution in [1.29, 1.82) is 0 Å². The Balaban J connectivity index is 1.16. The molecule has 0 saturated carbocycles. The summed E-state index contributed by atoms with van der Waals surface area (Å²) in [5.74, 6) is -0.355. The number of hydrogen-bond acceptors (Lipinski definition) is 4. The number of hydrogen-bond donors (Lipinski definition) is 1. The summed E-state index contributed by atoms with van der Waals surface area (Å²) in [6.07, 6.45) is 6.84. The van der Waals surface area contributed by atoms with Gasteiger partial charge in [-0.15, -0.1) is 0 Å². The third-order valence-electron chi connectivity index (χ3n) is 6.19. The molecule has 1 fully saturated rings. The summed E-state index contributed by atoms with van der Waals surface area (Å²) in [6, 6.07) is 14.3. The van der Waals surface area contributed by atoms with Crippen LogP contribution in [0.25, 0.3) is 0 Å². The number of carbonyl (C=O) groups excluding carboxylic acids is 2. The Morgan fingerprint density at radius 3 is 2.68 bits per heavy atom. The molecule has 2 heterocycles. The first-order valence-electron chi connectivity index (χ1n) is 10.8. The first-order valence-corrected chi connectivity index (χ1v) is 10.8. The van der Waals surface area contributed by atoms with Gasteiger partial charge in [-0.3, -0.25) is 9.59 Å². The van der Waals surface area contributed by atoms with Gasteiger partial charge in [0.15, 0.2) is 0 Å². The van der Waals surface area contributed by atoms with Crippen molar-refractivity contribution in [3.63, 3.8) is 0 Å². The van der Waals surface area contributed by atoms with Crippen LogP contribution < -0.4 is 10.2 Å². The Morgan fingerprint density at radius 1 is 1.06 bits per heavy atom. The highest BCUT2D eigenvalue weighted by Gasteiger charge is 2.35. The average Bonchev–Trinajstić information content (AvgIpc) is 3.53. The maximum absolute atomic E-state index is 12.7. The lowest BCUT2D eigenvalue weighted by atomic mass is 10.1. The molecule has 0 unspecified atom stereocenters. The van der Waals surface area contributed by atoms with Crippen LogP contribution in [0.3, 0.4) is 0 Å². The second-order valence-corrected chi connectivity index (χ2v) is 8.34. The molecule has 0 radical (unpaired) electrons. The van der Waals surface area contributed by atoms with Crippen molar-refractivity contribution in [3.05, 3.63) is 77.4 Å². The van der Waals surface area contributed by atoms with Crippen molar-refractivity contribution in [2.45, 2.75) is 38.8 Å². The standard InChI is InChI=1S/C24H25N5O2/c30-23-11-21(14-29(23)22-9-8-19-2-1-3-20(19)10-22)24(31)26-12-17-4-6-18(7-5-17)13-28-16-25-15-27-28/h4-10,15-16,21H,1-3,11-14H2,(H,26,31)/t21-/m0/s1. The van der Waals surface area contributed by atoms with E-state index in [0.717, 1.165) is 29.7 Å². The molecule has 0 bridgehead atoms. The van der Waals surface area contributed by atoms with Crippen LogP contribution in [-0.2, 0) is 35.5 Å². The molecule has 158 valence electrons. The van der Waals surface area contributed by atoms with Crippen LogP contribution in [0.2, 0.25) is 0 Å². The van der Waals surface area contributed by atoms with E-state index in [4.69, 9.17) is 0 Å². The van der Waals surface area contributed by atoms with E-state index in [-0.39, 0.29) is 24.2 Å². The molecule has 1 atom stereocenters. The molecule has 1 N–H and O–H groups in total. The lowest BCUT2D eigenvalue weighted by molar-refractivity contribution is -0.126. The van der Waals surface area contributed by atoms with Gasteiger partial charge in [-0.05, 0) is 53.6 Å². The molecule has 1 saturated heterocycles. The third-order valence-corrected chi connectivity index (χ3v) is 6.19. The molecule has 7 nitrogen and oxygen atoms in total. The first-order chi connectivity index (χ1) is 15.2. The zero-order chi connectivity index (χ0) is 21.2. The zero-order valence-electron chi connectivity index (χ0n) is 17.3. The Bertz CT molecular complexity index is 1090. The van der Waals surface area contributed by atoms with Crippen molar-refractivity contribution in [2.24, 2.45) is 5.92 Å². The molecule has 2 aromatic carbocycles. The molecular formula is C24H25N5O2. The van der Waals surface area contributed by atoms with Gasteiger partial charge < -0.3 is 10.2 Å². The molecule has 2 amide bonds. The summed E-state index contributed by atoms with van der Waals surface area (Å²) in [7, 11) is 0. The van der Waals surface area contributed by atoms with Gasteiger partial charge in [0.1, 0.15) is 12.7 Å². The molecule has 1 aromatic heterocycles. The SMILES string of the molecule is O=C(NCc1ccc(Cn2cncn2)cc1)[C@H]1CC(=O)N(c2ccc3c(c2)CCC3)C1. The van der Waals surface area contributed by atoms with E-state index >= 15 is 0 Å². The van der Waals surface area contributed by atoms with Gasteiger partial charge in [0.05, 0.1) is 12.5 Å². The van der Waals surface area contributed by atoms with E-state index in [0.29, 0.717) is 19.6 Å². The fourth-order valence-corrected chi connectivity index (χ4v) is 4.46. The van der Waals surface area contributed by atoms with Crippen LogP contribution in [-0.4, -0.2) is 33.1 Å². The largest absolute Gasteiger partial charge is 0.352 e. The number of fused-ring (bicyclic) bond motifs is 1. The minimum atomic E-state index is -0.313. The van der Waals surface area contributed by atoms with Crippen LogP contribution in [0.5, 0.6) is 0 Å². The van der Waals surface area contributed by atoms with E-state index in [1.807, 2.05) is 30.3 Å². The van der Waals surface area contributed by atoms with E-state index in [2.05, 4.69) is 27.5 Å². The maximum atomic E-state index is 12.7. The van der Waals surface area contributed by atoms with Gasteiger partial charge in [0.2, 0.25) is 11.8 Å². The number of rotatable bonds is 6. The van der Waals surface area contributed by atoms with Gasteiger partial charge in [0.25, 0.3) is 0 Å². The van der Waals surface area contributed by atoms with Gasteiger partial charge in [0, 0.05) is 25.2 Å². The van der Waals surface area contributed by atoms with Crippen LogP contribution in [0.15, 0.2) is 55.1 Å². The zero-order valence-corrected chi connectivity index (χ0v) is 17.3. The molecule has 1 aliphatic heterocycles. The molecule has 0 spiro atoms. The van der Waals surface area contributed by atoms with Gasteiger partial charge in [-0.2, -0.15) is 5.10 Å². The summed E-state index contributed by atoms with van der Waals surface area (Å²) in [6.45, 7) is 1.56. The van der Waals surface area contributed by atoms with Gasteiger partial charge in [-0.25, -0.2) is 9.67 Å². The summed E-state index contributed by atoms with van der Waals surface area (Å²) in [5, 5.41) is 7.10. The van der Waals surface area contributed by atoms with Crippen molar-refractivity contribution in [2.75, 3.05) is 11.4 Å². The summed E-state index contributed by atoms with van der Waals surface area (Å²) in [4.78, 5) is 31.0. The molecule has 5 rings (SSSR count).